The summed E-state index contributed by atoms with van der Waals surface area (Å²) in [6.45, 7) is 5.29. The summed E-state index contributed by atoms with van der Waals surface area (Å²) in [5.41, 5.74) is 0. The first kappa shape index (κ1) is 14.7. The van der Waals surface area contributed by atoms with E-state index in [0.717, 1.165) is 41.9 Å². The van der Waals surface area contributed by atoms with Gasteiger partial charge in [0.25, 0.3) is 0 Å². The molecule has 3 aromatic rings. The minimum Gasteiger partial charge on any atom is -0.467 e. The smallest absolute Gasteiger partial charge is 0.162 e. The van der Waals surface area contributed by atoms with Crippen molar-refractivity contribution >= 4 is 11.3 Å². The topological polar surface area (TPSA) is 51.6 Å². The predicted molar refractivity (Wildman–Crippen MR) is 87.2 cm³/mol. The molecule has 0 N–H and O–H groups in total. The van der Waals surface area contributed by atoms with E-state index in [4.69, 9.17) is 13.6 Å². The van der Waals surface area contributed by atoms with Crippen molar-refractivity contribution in [2.45, 2.75) is 19.6 Å². The first-order valence-corrected chi connectivity index (χ1v) is 8.48. The quantitative estimate of drug-likeness (QED) is 0.726. The number of hydrogen-bond donors (Lipinski definition) is 0. The molecule has 0 aliphatic carbocycles. The van der Waals surface area contributed by atoms with Gasteiger partial charge in [-0.3, -0.25) is 4.90 Å². The number of furan rings is 2. The van der Waals surface area contributed by atoms with Gasteiger partial charge >= 0.3 is 0 Å². The molecule has 6 heteroatoms. The second-order valence-electron chi connectivity index (χ2n) is 5.65. The Balaban J connectivity index is 1.43. The first-order valence-electron chi connectivity index (χ1n) is 7.67. The summed E-state index contributed by atoms with van der Waals surface area (Å²) in [4.78, 5) is 8.09. The Morgan fingerprint density at radius 2 is 2.30 bits per heavy atom. The molecule has 120 valence electrons. The molecule has 1 fully saturated rings. The van der Waals surface area contributed by atoms with Crippen LogP contribution in [0.5, 0.6) is 0 Å². The van der Waals surface area contributed by atoms with Crippen LogP contribution in [0.4, 0.5) is 0 Å². The molecule has 1 saturated heterocycles. The lowest BCUT2D eigenvalue weighted by atomic mass is 10.2. The second-order valence-corrected chi connectivity index (χ2v) is 6.77. The third-order valence-corrected chi connectivity index (χ3v) is 4.89. The van der Waals surface area contributed by atoms with Crippen LogP contribution in [-0.2, 0) is 11.3 Å². The summed E-state index contributed by atoms with van der Waals surface area (Å²) in [6, 6.07) is 7.81. The average molecular weight is 330 g/mol. The van der Waals surface area contributed by atoms with Crippen molar-refractivity contribution in [3.8, 4) is 10.8 Å². The molecular weight excluding hydrogens is 312 g/mol. The van der Waals surface area contributed by atoms with Gasteiger partial charge in [0, 0.05) is 30.7 Å². The summed E-state index contributed by atoms with van der Waals surface area (Å²) < 4.78 is 16.9. The third kappa shape index (κ3) is 3.24. The Labute approximate surface area is 138 Å². The molecule has 4 heterocycles. The number of hydrogen-bond acceptors (Lipinski definition) is 6. The van der Waals surface area contributed by atoms with Crippen LogP contribution in [0.15, 0.2) is 45.6 Å². The zero-order chi connectivity index (χ0) is 15.6. The maximum atomic E-state index is 5.80. The fraction of sp³-hybridized carbons (Fsp3) is 0.353. The van der Waals surface area contributed by atoms with Crippen LogP contribution in [0.1, 0.15) is 22.5 Å². The number of aryl methyl sites for hydroxylation is 1. The lowest BCUT2D eigenvalue weighted by molar-refractivity contribution is -0.0425. The molecule has 23 heavy (non-hydrogen) atoms. The predicted octanol–water partition coefficient (Wildman–Crippen LogP) is 3.88. The minimum absolute atomic E-state index is 0.0128. The van der Waals surface area contributed by atoms with Crippen molar-refractivity contribution in [2.24, 2.45) is 0 Å². The third-order valence-electron chi connectivity index (χ3n) is 3.90. The van der Waals surface area contributed by atoms with Crippen LogP contribution in [-0.4, -0.2) is 29.6 Å². The van der Waals surface area contributed by atoms with Gasteiger partial charge in [0.2, 0.25) is 0 Å². The van der Waals surface area contributed by atoms with Crippen molar-refractivity contribution in [2.75, 3.05) is 19.7 Å². The molecule has 3 aromatic heterocycles. The van der Waals surface area contributed by atoms with Gasteiger partial charge in [-0.15, -0.1) is 11.3 Å². The molecule has 0 radical (unpaired) electrons. The molecule has 0 bridgehead atoms. The molecule has 1 aliphatic heterocycles. The zero-order valence-corrected chi connectivity index (χ0v) is 13.7. The van der Waals surface area contributed by atoms with Crippen molar-refractivity contribution in [1.29, 1.82) is 0 Å². The van der Waals surface area contributed by atoms with Crippen LogP contribution in [0, 0.1) is 6.92 Å². The Kier molecular flexibility index (Phi) is 4.03. The molecule has 4 rings (SSSR count). The number of aromatic nitrogens is 1. The van der Waals surface area contributed by atoms with E-state index in [1.165, 1.54) is 4.88 Å². The van der Waals surface area contributed by atoms with Gasteiger partial charge in [-0.2, -0.15) is 0 Å². The standard InChI is InChI=1S/C17H18N2O3S/c1-12-4-5-15(22-12)17-18-9-13(23-17)10-19-6-8-21-16(11-19)14-3-2-7-20-14/h2-5,7,9,16H,6,8,10-11H2,1H3. The van der Waals surface area contributed by atoms with Gasteiger partial charge in [0.05, 0.1) is 12.9 Å². The summed E-state index contributed by atoms with van der Waals surface area (Å²) >= 11 is 1.68. The highest BCUT2D eigenvalue weighted by Crippen LogP contribution is 2.29. The van der Waals surface area contributed by atoms with Crippen LogP contribution in [0.2, 0.25) is 0 Å². The second kappa shape index (κ2) is 6.31. The minimum atomic E-state index is 0.0128. The number of ether oxygens (including phenoxy) is 1. The van der Waals surface area contributed by atoms with Gasteiger partial charge in [0.1, 0.15) is 17.6 Å². The van der Waals surface area contributed by atoms with Gasteiger partial charge in [-0.05, 0) is 31.2 Å². The summed E-state index contributed by atoms with van der Waals surface area (Å²) in [5.74, 6) is 2.64. The van der Waals surface area contributed by atoms with E-state index in [0.29, 0.717) is 6.61 Å². The lowest BCUT2D eigenvalue weighted by Crippen LogP contribution is -2.37. The summed E-state index contributed by atoms with van der Waals surface area (Å²) in [5, 5.41) is 0.934. The molecule has 0 aromatic carbocycles. The number of thiazole rings is 1. The molecule has 0 spiro atoms. The van der Waals surface area contributed by atoms with Crippen molar-refractivity contribution in [1.82, 2.24) is 9.88 Å². The highest BCUT2D eigenvalue weighted by Gasteiger charge is 2.24. The fourth-order valence-electron chi connectivity index (χ4n) is 2.76. The largest absolute Gasteiger partial charge is 0.467 e. The van der Waals surface area contributed by atoms with E-state index < -0.39 is 0 Å². The maximum Gasteiger partial charge on any atom is 0.162 e. The van der Waals surface area contributed by atoms with Gasteiger partial charge < -0.3 is 13.6 Å². The monoisotopic (exact) mass is 330 g/mol. The average Bonchev–Trinajstić information content (AvgIpc) is 3.28. The van der Waals surface area contributed by atoms with Gasteiger partial charge in [-0.1, -0.05) is 0 Å². The fourth-order valence-corrected chi connectivity index (χ4v) is 3.67. The van der Waals surface area contributed by atoms with Crippen LogP contribution < -0.4 is 0 Å². The molecule has 0 amide bonds. The Hall–Kier alpha value is -1.89. The van der Waals surface area contributed by atoms with Gasteiger partial charge in [0.15, 0.2) is 10.8 Å². The normalized spacial score (nSPS) is 19.3. The van der Waals surface area contributed by atoms with Crippen molar-refractivity contribution in [3.63, 3.8) is 0 Å². The molecule has 1 atom stereocenters. The van der Waals surface area contributed by atoms with Crippen LogP contribution in [0.3, 0.4) is 0 Å². The van der Waals surface area contributed by atoms with E-state index in [9.17, 15) is 0 Å². The van der Waals surface area contributed by atoms with Gasteiger partial charge in [-0.25, -0.2) is 4.98 Å². The first-order chi connectivity index (χ1) is 11.3. The number of rotatable bonds is 4. The Morgan fingerprint density at radius 3 is 3.09 bits per heavy atom. The van der Waals surface area contributed by atoms with E-state index in [2.05, 4.69) is 9.88 Å². The Bertz CT molecular complexity index is 763. The number of morpholine rings is 1. The molecule has 5 nitrogen and oxygen atoms in total. The molecular formula is C17H18N2O3S. The Morgan fingerprint density at radius 1 is 1.35 bits per heavy atom. The van der Waals surface area contributed by atoms with Crippen LogP contribution in [0.25, 0.3) is 10.8 Å². The highest BCUT2D eigenvalue weighted by atomic mass is 32.1. The number of nitrogens with zero attached hydrogens (tertiary/aromatic N) is 2. The van der Waals surface area contributed by atoms with Crippen molar-refractivity contribution < 1.29 is 13.6 Å². The van der Waals surface area contributed by atoms with E-state index in [1.807, 2.05) is 37.4 Å². The maximum absolute atomic E-state index is 5.80. The van der Waals surface area contributed by atoms with E-state index in [-0.39, 0.29) is 6.10 Å². The summed E-state index contributed by atoms with van der Waals surface area (Å²) in [7, 11) is 0. The highest BCUT2D eigenvalue weighted by molar-refractivity contribution is 7.14. The summed E-state index contributed by atoms with van der Waals surface area (Å²) in [6.07, 6.45) is 3.65. The SMILES string of the molecule is Cc1ccc(-c2ncc(CN3CCOC(c4ccco4)C3)s2)o1. The molecule has 0 saturated carbocycles. The van der Waals surface area contributed by atoms with E-state index in [1.54, 1.807) is 17.6 Å². The van der Waals surface area contributed by atoms with Crippen LogP contribution >= 0.6 is 11.3 Å². The van der Waals surface area contributed by atoms with E-state index >= 15 is 0 Å². The zero-order valence-electron chi connectivity index (χ0n) is 12.9. The lowest BCUT2D eigenvalue weighted by Gasteiger charge is -2.31. The molecule has 1 unspecified atom stereocenters. The van der Waals surface area contributed by atoms with Crippen molar-refractivity contribution in [3.05, 3.63) is 53.1 Å². The molecule has 1 aliphatic rings.